The minimum Gasteiger partial charge on any atom is -0.340 e. The van der Waals surface area contributed by atoms with Gasteiger partial charge in [-0.25, -0.2) is 8.78 Å². The summed E-state index contributed by atoms with van der Waals surface area (Å²) in [7, 11) is 0. The Kier molecular flexibility index (Phi) is 5.98. The quantitative estimate of drug-likeness (QED) is 0.554. The number of aryl methyl sites for hydroxylation is 1. The monoisotopic (exact) mass is 393 g/mol. The zero-order chi connectivity index (χ0) is 20.3. The van der Waals surface area contributed by atoms with Crippen LogP contribution in [0.5, 0.6) is 0 Å². The Morgan fingerprint density at radius 2 is 1.96 bits per heavy atom. The molecule has 0 N–H and O–H groups in total. The van der Waals surface area contributed by atoms with Crippen molar-refractivity contribution < 1.29 is 18.5 Å². The Labute approximate surface area is 160 Å². The number of nitro groups is 1. The SMILES string of the molecule is Cc1c([N+](=O)[O-])cnn1CCC(=O)N1CCN(Cc2cccc(F)c2F)CC1. The minimum atomic E-state index is -0.861. The molecular weight excluding hydrogens is 372 g/mol. The highest BCUT2D eigenvalue weighted by Gasteiger charge is 2.23. The predicted octanol–water partition coefficient (Wildman–Crippen LogP) is 2.11. The molecule has 0 aliphatic carbocycles. The van der Waals surface area contributed by atoms with E-state index < -0.39 is 16.6 Å². The van der Waals surface area contributed by atoms with Gasteiger partial charge >= 0.3 is 5.69 Å². The van der Waals surface area contributed by atoms with E-state index >= 15 is 0 Å². The molecule has 1 fully saturated rings. The molecule has 0 radical (unpaired) electrons. The van der Waals surface area contributed by atoms with Crippen LogP contribution in [0.25, 0.3) is 0 Å². The van der Waals surface area contributed by atoms with Gasteiger partial charge in [0.1, 0.15) is 11.9 Å². The normalized spacial score (nSPS) is 15.0. The maximum absolute atomic E-state index is 13.8. The zero-order valence-electron chi connectivity index (χ0n) is 15.5. The van der Waals surface area contributed by atoms with E-state index in [9.17, 15) is 23.7 Å². The van der Waals surface area contributed by atoms with Crippen LogP contribution in [-0.2, 0) is 17.9 Å². The van der Waals surface area contributed by atoms with Crippen LogP contribution in [-0.4, -0.2) is 56.6 Å². The second kappa shape index (κ2) is 8.42. The molecule has 0 spiro atoms. The van der Waals surface area contributed by atoms with Gasteiger partial charge < -0.3 is 4.90 Å². The van der Waals surface area contributed by atoms with Gasteiger partial charge in [-0.3, -0.25) is 24.5 Å². The molecule has 150 valence electrons. The first kappa shape index (κ1) is 19.9. The number of carbonyl (C=O) groups is 1. The molecule has 1 amide bonds. The molecule has 2 heterocycles. The third-order valence-electron chi connectivity index (χ3n) is 4.96. The van der Waals surface area contributed by atoms with Crippen molar-refractivity contribution in [3.8, 4) is 0 Å². The number of carbonyl (C=O) groups excluding carboxylic acids is 1. The molecule has 1 aromatic heterocycles. The van der Waals surface area contributed by atoms with Gasteiger partial charge in [0.25, 0.3) is 0 Å². The van der Waals surface area contributed by atoms with Crippen molar-refractivity contribution in [3.63, 3.8) is 0 Å². The number of piperazine rings is 1. The van der Waals surface area contributed by atoms with Crippen molar-refractivity contribution in [1.82, 2.24) is 19.6 Å². The smallest absolute Gasteiger partial charge is 0.309 e. The van der Waals surface area contributed by atoms with E-state index in [1.807, 2.05) is 4.90 Å². The van der Waals surface area contributed by atoms with Crippen molar-refractivity contribution in [2.75, 3.05) is 26.2 Å². The number of halogens is 2. The zero-order valence-corrected chi connectivity index (χ0v) is 15.5. The number of aromatic nitrogens is 2. The van der Waals surface area contributed by atoms with E-state index in [0.29, 0.717) is 44.0 Å². The highest BCUT2D eigenvalue weighted by Crippen LogP contribution is 2.17. The van der Waals surface area contributed by atoms with Gasteiger partial charge in [-0.15, -0.1) is 0 Å². The van der Waals surface area contributed by atoms with Crippen LogP contribution in [0.1, 0.15) is 17.7 Å². The van der Waals surface area contributed by atoms with Gasteiger partial charge in [0.2, 0.25) is 5.91 Å². The second-order valence-electron chi connectivity index (χ2n) is 6.72. The van der Waals surface area contributed by atoms with E-state index in [-0.39, 0.29) is 24.6 Å². The summed E-state index contributed by atoms with van der Waals surface area (Å²) in [6.45, 7) is 4.28. The van der Waals surface area contributed by atoms with Crippen LogP contribution in [0.4, 0.5) is 14.5 Å². The summed E-state index contributed by atoms with van der Waals surface area (Å²) in [4.78, 5) is 26.5. The van der Waals surface area contributed by atoms with Crippen LogP contribution in [0.3, 0.4) is 0 Å². The van der Waals surface area contributed by atoms with E-state index in [1.54, 1.807) is 17.9 Å². The first-order valence-corrected chi connectivity index (χ1v) is 8.96. The molecule has 3 rings (SSSR count). The summed E-state index contributed by atoms with van der Waals surface area (Å²) in [5.74, 6) is -1.75. The number of amides is 1. The summed E-state index contributed by atoms with van der Waals surface area (Å²) in [6.07, 6.45) is 1.38. The lowest BCUT2D eigenvalue weighted by atomic mass is 10.1. The number of hydrogen-bond donors (Lipinski definition) is 0. The number of nitrogens with zero attached hydrogens (tertiary/aromatic N) is 5. The van der Waals surface area contributed by atoms with Crippen molar-refractivity contribution in [2.24, 2.45) is 0 Å². The summed E-state index contributed by atoms with van der Waals surface area (Å²) in [5.41, 5.74) is 0.654. The third kappa shape index (κ3) is 4.33. The fraction of sp³-hybridized carbons (Fsp3) is 0.444. The average molecular weight is 393 g/mol. The van der Waals surface area contributed by atoms with Gasteiger partial charge in [-0.1, -0.05) is 12.1 Å². The number of benzene rings is 1. The fourth-order valence-electron chi connectivity index (χ4n) is 3.27. The van der Waals surface area contributed by atoms with Gasteiger partial charge in [-0.2, -0.15) is 5.10 Å². The molecule has 0 atom stereocenters. The standard InChI is InChI=1S/C18H21F2N5O3/c1-13-16(25(27)28)11-21-24(13)6-5-17(26)23-9-7-22(8-10-23)12-14-3-2-4-15(19)18(14)20/h2-4,11H,5-10,12H2,1H3. The van der Waals surface area contributed by atoms with Crippen molar-refractivity contribution in [3.05, 3.63) is 57.4 Å². The highest BCUT2D eigenvalue weighted by molar-refractivity contribution is 5.76. The summed E-state index contributed by atoms with van der Waals surface area (Å²) in [6, 6.07) is 4.13. The lowest BCUT2D eigenvalue weighted by Crippen LogP contribution is -2.48. The minimum absolute atomic E-state index is 0.0610. The first-order valence-electron chi connectivity index (χ1n) is 8.96. The van der Waals surface area contributed by atoms with E-state index in [4.69, 9.17) is 0 Å². The Bertz CT molecular complexity index is 878. The fourth-order valence-corrected chi connectivity index (χ4v) is 3.27. The van der Waals surface area contributed by atoms with E-state index in [2.05, 4.69) is 5.10 Å². The van der Waals surface area contributed by atoms with Gasteiger partial charge in [-0.05, 0) is 13.0 Å². The summed E-state index contributed by atoms with van der Waals surface area (Å²) >= 11 is 0. The van der Waals surface area contributed by atoms with Crippen LogP contribution >= 0.6 is 0 Å². The Morgan fingerprint density at radius 1 is 1.25 bits per heavy atom. The molecule has 8 nitrogen and oxygen atoms in total. The Morgan fingerprint density at radius 3 is 2.61 bits per heavy atom. The highest BCUT2D eigenvalue weighted by atomic mass is 19.2. The molecule has 1 aromatic carbocycles. The first-order chi connectivity index (χ1) is 13.4. The molecule has 10 heteroatoms. The summed E-state index contributed by atoms with van der Waals surface area (Å²) in [5, 5.41) is 14.8. The Balaban J connectivity index is 1.49. The predicted molar refractivity (Wildman–Crippen MR) is 96.5 cm³/mol. The molecule has 1 aliphatic rings. The van der Waals surface area contributed by atoms with Gasteiger partial charge in [0.05, 0.1) is 11.5 Å². The number of hydrogen-bond acceptors (Lipinski definition) is 5. The molecule has 0 saturated carbocycles. The summed E-state index contributed by atoms with van der Waals surface area (Å²) < 4.78 is 28.6. The van der Waals surface area contributed by atoms with Gasteiger partial charge in [0.15, 0.2) is 11.6 Å². The maximum atomic E-state index is 13.8. The average Bonchev–Trinajstić information content (AvgIpc) is 3.05. The molecule has 0 unspecified atom stereocenters. The van der Waals surface area contributed by atoms with Crippen LogP contribution in [0, 0.1) is 28.7 Å². The van der Waals surface area contributed by atoms with Crippen LogP contribution in [0.15, 0.2) is 24.4 Å². The maximum Gasteiger partial charge on any atom is 0.309 e. The largest absolute Gasteiger partial charge is 0.340 e. The topological polar surface area (TPSA) is 84.5 Å². The Hall–Kier alpha value is -2.88. The molecule has 2 aromatic rings. The van der Waals surface area contributed by atoms with Crippen molar-refractivity contribution >= 4 is 11.6 Å². The van der Waals surface area contributed by atoms with Crippen LogP contribution < -0.4 is 0 Å². The van der Waals surface area contributed by atoms with E-state index in [0.717, 1.165) is 6.07 Å². The number of rotatable bonds is 6. The van der Waals surface area contributed by atoms with E-state index in [1.165, 1.54) is 16.9 Å². The van der Waals surface area contributed by atoms with Gasteiger partial charge in [0, 0.05) is 44.7 Å². The molecule has 28 heavy (non-hydrogen) atoms. The lowest BCUT2D eigenvalue weighted by molar-refractivity contribution is -0.385. The molecule has 1 aliphatic heterocycles. The van der Waals surface area contributed by atoms with Crippen molar-refractivity contribution in [2.45, 2.75) is 26.4 Å². The molecule has 0 bridgehead atoms. The van der Waals surface area contributed by atoms with Crippen LogP contribution in [0.2, 0.25) is 0 Å². The van der Waals surface area contributed by atoms with Crippen molar-refractivity contribution in [1.29, 1.82) is 0 Å². The lowest BCUT2D eigenvalue weighted by Gasteiger charge is -2.34. The third-order valence-corrected chi connectivity index (χ3v) is 4.96. The molecule has 1 saturated heterocycles. The molecular formula is C18H21F2N5O3. The second-order valence-corrected chi connectivity index (χ2v) is 6.72.